The number of aliphatic carboxylic acids is 1. The number of carboxylic acid groups (broad SMARTS) is 2. The fraction of sp³-hybridized carbons (Fsp3) is 0.882. The smallest absolute Gasteiger partial charge is 0.481 e. The van der Waals surface area contributed by atoms with Crippen molar-refractivity contribution in [1.29, 1.82) is 0 Å². The van der Waals surface area contributed by atoms with Crippen molar-refractivity contribution in [2.45, 2.75) is 96.5 Å². The van der Waals surface area contributed by atoms with Gasteiger partial charge in [-0.25, -0.2) is 4.79 Å². The van der Waals surface area contributed by atoms with Crippen LogP contribution in [-0.4, -0.2) is 28.4 Å². The highest BCUT2D eigenvalue weighted by Crippen LogP contribution is 2.15. The van der Waals surface area contributed by atoms with E-state index >= 15 is 0 Å². The summed E-state index contributed by atoms with van der Waals surface area (Å²) in [5.41, 5.74) is 0. The Labute approximate surface area is 134 Å². The van der Waals surface area contributed by atoms with E-state index in [-0.39, 0.29) is 12.8 Å². The van der Waals surface area contributed by atoms with Crippen molar-refractivity contribution in [1.82, 2.24) is 0 Å². The molecule has 0 radical (unpaired) electrons. The van der Waals surface area contributed by atoms with E-state index in [1.54, 1.807) is 0 Å². The van der Waals surface area contributed by atoms with Gasteiger partial charge in [0.05, 0.1) is 0 Å². The quantitative estimate of drug-likeness (QED) is 0.319. The van der Waals surface area contributed by atoms with E-state index in [2.05, 4.69) is 6.92 Å². The number of rotatable bonds is 15. The van der Waals surface area contributed by atoms with Crippen LogP contribution in [0, 0.1) is 0 Å². The minimum atomic E-state index is -1.32. The molecule has 0 aliphatic heterocycles. The molecule has 0 heterocycles. The molecule has 0 saturated carbocycles. The van der Waals surface area contributed by atoms with Crippen LogP contribution >= 0.6 is 0 Å². The van der Waals surface area contributed by atoms with Crippen molar-refractivity contribution in [2.75, 3.05) is 0 Å². The van der Waals surface area contributed by atoms with Crippen LogP contribution in [0.4, 0.5) is 4.79 Å². The molecule has 0 spiro atoms. The molecule has 0 aromatic carbocycles. The summed E-state index contributed by atoms with van der Waals surface area (Å²) < 4.78 is 4.74. The van der Waals surface area contributed by atoms with Gasteiger partial charge in [-0.15, -0.1) is 0 Å². The molecule has 1 atom stereocenters. The first-order valence-corrected chi connectivity index (χ1v) is 8.67. The van der Waals surface area contributed by atoms with Gasteiger partial charge in [0.1, 0.15) is 6.10 Å². The van der Waals surface area contributed by atoms with E-state index in [1.807, 2.05) is 0 Å². The number of ether oxygens (including phenoxy) is 1. The maximum atomic E-state index is 10.6. The van der Waals surface area contributed by atoms with E-state index in [4.69, 9.17) is 14.9 Å². The highest BCUT2D eigenvalue weighted by Gasteiger charge is 2.14. The van der Waals surface area contributed by atoms with Crippen LogP contribution < -0.4 is 0 Å². The van der Waals surface area contributed by atoms with E-state index in [0.717, 1.165) is 19.3 Å². The van der Waals surface area contributed by atoms with Gasteiger partial charge >= 0.3 is 12.1 Å². The third-order valence-corrected chi connectivity index (χ3v) is 3.83. The summed E-state index contributed by atoms with van der Waals surface area (Å²) in [6.07, 6.45) is 11.2. The monoisotopic (exact) mass is 316 g/mol. The third-order valence-electron chi connectivity index (χ3n) is 3.83. The van der Waals surface area contributed by atoms with Crippen LogP contribution in [-0.2, 0) is 9.53 Å². The minimum absolute atomic E-state index is 0.0459. The number of carboxylic acids is 1. The van der Waals surface area contributed by atoms with Crippen LogP contribution in [0.3, 0.4) is 0 Å². The minimum Gasteiger partial charge on any atom is -0.481 e. The average molecular weight is 316 g/mol. The predicted octanol–water partition coefficient (Wildman–Crippen LogP) is 5.23. The fourth-order valence-corrected chi connectivity index (χ4v) is 2.55. The molecule has 1 unspecified atom stereocenters. The van der Waals surface area contributed by atoms with Crippen LogP contribution in [0.25, 0.3) is 0 Å². The Balaban J connectivity index is 3.54. The highest BCUT2D eigenvalue weighted by atomic mass is 16.7. The summed E-state index contributed by atoms with van der Waals surface area (Å²) >= 11 is 0. The van der Waals surface area contributed by atoms with Crippen LogP contribution in [0.15, 0.2) is 0 Å². The van der Waals surface area contributed by atoms with Crippen molar-refractivity contribution in [3.63, 3.8) is 0 Å². The first-order chi connectivity index (χ1) is 10.6. The van der Waals surface area contributed by atoms with E-state index in [0.29, 0.717) is 6.42 Å². The normalized spacial score (nSPS) is 12.0. The molecule has 0 rings (SSSR count). The SMILES string of the molecule is CCCCCCCCCCCCC(CCC(=O)O)OC(=O)O. The molecular weight excluding hydrogens is 284 g/mol. The van der Waals surface area contributed by atoms with Gasteiger partial charge in [0.2, 0.25) is 0 Å². The lowest BCUT2D eigenvalue weighted by atomic mass is 10.0. The molecule has 0 aliphatic rings. The predicted molar refractivity (Wildman–Crippen MR) is 86.2 cm³/mol. The van der Waals surface area contributed by atoms with Crippen molar-refractivity contribution in [2.24, 2.45) is 0 Å². The van der Waals surface area contributed by atoms with Crippen molar-refractivity contribution < 1.29 is 24.5 Å². The summed E-state index contributed by atoms with van der Waals surface area (Å²) in [7, 11) is 0. The van der Waals surface area contributed by atoms with E-state index < -0.39 is 18.2 Å². The summed E-state index contributed by atoms with van der Waals surface area (Å²) in [5, 5.41) is 17.3. The first kappa shape index (κ1) is 20.7. The number of hydrogen-bond donors (Lipinski definition) is 2. The topological polar surface area (TPSA) is 83.8 Å². The second-order valence-electron chi connectivity index (χ2n) is 5.91. The van der Waals surface area contributed by atoms with Crippen LogP contribution in [0.2, 0.25) is 0 Å². The maximum absolute atomic E-state index is 10.6. The molecule has 0 fully saturated rings. The Morgan fingerprint density at radius 1 is 0.818 bits per heavy atom. The highest BCUT2D eigenvalue weighted by molar-refractivity contribution is 5.66. The Morgan fingerprint density at radius 3 is 1.77 bits per heavy atom. The summed E-state index contributed by atoms with van der Waals surface area (Å²) in [5.74, 6) is -0.915. The zero-order valence-corrected chi connectivity index (χ0v) is 13.9. The van der Waals surface area contributed by atoms with Crippen molar-refractivity contribution in [3.05, 3.63) is 0 Å². The largest absolute Gasteiger partial charge is 0.506 e. The van der Waals surface area contributed by atoms with Gasteiger partial charge in [0.25, 0.3) is 0 Å². The standard InChI is InChI=1S/C17H32O5/c1-2-3-4-5-6-7-8-9-10-11-12-15(22-17(20)21)13-14-16(18)19/h15H,2-14H2,1H3,(H,18,19)(H,20,21). The zero-order chi connectivity index (χ0) is 16.6. The van der Waals surface area contributed by atoms with Gasteiger partial charge in [0, 0.05) is 6.42 Å². The first-order valence-electron chi connectivity index (χ1n) is 8.67. The molecule has 0 saturated heterocycles. The Morgan fingerprint density at radius 2 is 1.32 bits per heavy atom. The summed E-state index contributed by atoms with van der Waals surface area (Å²) in [6.45, 7) is 2.22. The van der Waals surface area contributed by atoms with Gasteiger partial charge in [0.15, 0.2) is 0 Å². The van der Waals surface area contributed by atoms with Gasteiger partial charge in [-0.05, 0) is 19.3 Å². The van der Waals surface area contributed by atoms with Gasteiger partial charge in [-0.1, -0.05) is 64.7 Å². The molecule has 0 amide bonds. The van der Waals surface area contributed by atoms with Gasteiger partial charge in [-0.3, -0.25) is 4.79 Å². The average Bonchev–Trinajstić information content (AvgIpc) is 2.45. The van der Waals surface area contributed by atoms with Crippen molar-refractivity contribution in [3.8, 4) is 0 Å². The Kier molecular flexibility index (Phi) is 13.8. The lowest BCUT2D eigenvalue weighted by molar-refractivity contribution is -0.137. The molecular formula is C17H32O5. The lowest BCUT2D eigenvalue weighted by Gasteiger charge is -2.14. The molecule has 0 aromatic heterocycles. The van der Waals surface area contributed by atoms with E-state index in [1.165, 1.54) is 44.9 Å². The molecule has 0 aromatic rings. The molecule has 2 N–H and O–H groups in total. The molecule has 0 aliphatic carbocycles. The second kappa shape index (κ2) is 14.7. The van der Waals surface area contributed by atoms with Crippen molar-refractivity contribution >= 4 is 12.1 Å². The van der Waals surface area contributed by atoms with E-state index in [9.17, 15) is 9.59 Å². The third kappa shape index (κ3) is 15.1. The second-order valence-corrected chi connectivity index (χ2v) is 5.91. The number of carbonyl (C=O) groups is 2. The lowest BCUT2D eigenvalue weighted by Crippen LogP contribution is -2.18. The van der Waals surface area contributed by atoms with Crippen LogP contribution in [0.5, 0.6) is 0 Å². The van der Waals surface area contributed by atoms with Gasteiger partial charge in [-0.2, -0.15) is 0 Å². The number of hydrogen-bond acceptors (Lipinski definition) is 3. The molecule has 5 heteroatoms. The molecule has 22 heavy (non-hydrogen) atoms. The fourth-order valence-electron chi connectivity index (χ4n) is 2.55. The van der Waals surface area contributed by atoms with Gasteiger partial charge < -0.3 is 14.9 Å². The Bertz CT molecular complexity index is 291. The molecule has 130 valence electrons. The molecule has 5 nitrogen and oxygen atoms in total. The maximum Gasteiger partial charge on any atom is 0.506 e. The summed E-state index contributed by atoms with van der Waals surface area (Å²) in [4.78, 5) is 21.1. The number of unbranched alkanes of at least 4 members (excludes halogenated alkanes) is 9. The van der Waals surface area contributed by atoms with Crippen LogP contribution in [0.1, 0.15) is 90.4 Å². The zero-order valence-electron chi connectivity index (χ0n) is 13.9. The Hall–Kier alpha value is -1.26. The molecule has 0 bridgehead atoms. The summed E-state index contributed by atoms with van der Waals surface area (Å²) in [6, 6.07) is 0.